The summed E-state index contributed by atoms with van der Waals surface area (Å²) in [6.07, 6.45) is 2.29. The zero-order valence-corrected chi connectivity index (χ0v) is 12.1. The van der Waals surface area contributed by atoms with E-state index in [0.717, 1.165) is 18.9 Å². The van der Waals surface area contributed by atoms with Crippen molar-refractivity contribution < 1.29 is 0 Å². The van der Waals surface area contributed by atoms with Crippen molar-refractivity contribution in [1.82, 2.24) is 4.90 Å². The molecule has 100 valence electrons. The van der Waals surface area contributed by atoms with Gasteiger partial charge in [0, 0.05) is 12.0 Å². The van der Waals surface area contributed by atoms with Crippen LogP contribution in [0, 0.1) is 22.2 Å². The molecule has 17 heavy (non-hydrogen) atoms. The maximum absolute atomic E-state index is 7.57. The maximum atomic E-state index is 7.57. The van der Waals surface area contributed by atoms with Gasteiger partial charge in [0.05, 0.1) is 5.84 Å². The first-order valence-corrected chi connectivity index (χ1v) is 6.70. The van der Waals surface area contributed by atoms with Crippen molar-refractivity contribution >= 4 is 5.84 Å². The maximum Gasteiger partial charge on any atom is 0.0963 e. The lowest BCUT2D eigenvalue weighted by molar-refractivity contribution is 0.220. The average molecular weight is 239 g/mol. The van der Waals surface area contributed by atoms with E-state index in [1.807, 2.05) is 0 Å². The third-order valence-corrected chi connectivity index (χ3v) is 4.28. The quantitative estimate of drug-likeness (QED) is 0.585. The number of likely N-dealkylation sites (tertiary alicyclic amines) is 1. The average Bonchev–Trinajstić information content (AvgIpc) is 2.62. The second kappa shape index (κ2) is 4.97. The first kappa shape index (κ1) is 14.5. The normalized spacial score (nSPS) is 23.0. The molecule has 1 atom stereocenters. The van der Waals surface area contributed by atoms with Gasteiger partial charge in [0.1, 0.15) is 0 Å². The summed E-state index contributed by atoms with van der Waals surface area (Å²) in [6.45, 7) is 14.6. The van der Waals surface area contributed by atoms with E-state index in [2.05, 4.69) is 39.5 Å². The molecule has 0 aromatic carbocycles. The highest BCUT2D eigenvalue weighted by atomic mass is 15.1. The van der Waals surface area contributed by atoms with E-state index < -0.39 is 0 Å². The molecule has 0 radical (unpaired) electrons. The number of nitrogens with one attached hydrogen (secondary N) is 1. The van der Waals surface area contributed by atoms with E-state index in [1.165, 1.54) is 19.5 Å². The smallest absolute Gasteiger partial charge is 0.0963 e. The Labute approximate surface area is 106 Å². The van der Waals surface area contributed by atoms with Crippen molar-refractivity contribution in [3.05, 3.63) is 0 Å². The summed E-state index contributed by atoms with van der Waals surface area (Å²) in [6, 6.07) is 0. The van der Waals surface area contributed by atoms with Crippen molar-refractivity contribution in [3.63, 3.8) is 0 Å². The summed E-state index contributed by atoms with van der Waals surface area (Å²) in [5.74, 6) is 1.12. The lowest BCUT2D eigenvalue weighted by atomic mass is 9.80. The minimum absolute atomic E-state index is 0.153. The predicted octanol–water partition coefficient (Wildman–Crippen LogP) is 2.71. The van der Waals surface area contributed by atoms with Crippen molar-refractivity contribution in [3.8, 4) is 0 Å². The third kappa shape index (κ3) is 3.98. The van der Waals surface area contributed by atoms with Crippen molar-refractivity contribution in [1.29, 1.82) is 5.41 Å². The van der Waals surface area contributed by atoms with Crippen LogP contribution in [0.25, 0.3) is 0 Å². The van der Waals surface area contributed by atoms with E-state index in [0.29, 0.717) is 11.3 Å². The number of nitrogens with two attached hydrogens (primary N) is 1. The molecular formula is C14H29N3. The van der Waals surface area contributed by atoms with E-state index in [1.54, 1.807) is 0 Å². The summed E-state index contributed by atoms with van der Waals surface area (Å²) < 4.78 is 0. The summed E-state index contributed by atoms with van der Waals surface area (Å²) in [4.78, 5) is 2.53. The molecule has 0 aromatic rings. The SMILES string of the molecule is CC(C)(CCN1CCC(C(C)(C)C)C1)C(=N)N. The molecule has 0 aliphatic carbocycles. The molecule has 3 N–H and O–H groups in total. The van der Waals surface area contributed by atoms with Crippen LogP contribution in [0.15, 0.2) is 0 Å². The largest absolute Gasteiger partial charge is 0.387 e. The Hall–Kier alpha value is -0.570. The van der Waals surface area contributed by atoms with E-state index >= 15 is 0 Å². The predicted molar refractivity (Wildman–Crippen MR) is 74.3 cm³/mol. The van der Waals surface area contributed by atoms with E-state index in [-0.39, 0.29) is 5.41 Å². The Bertz CT molecular complexity index is 276. The lowest BCUT2D eigenvalue weighted by Crippen LogP contribution is -2.35. The highest BCUT2D eigenvalue weighted by molar-refractivity contribution is 5.82. The molecule has 0 amide bonds. The summed E-state index contributed by atoms with van der Waals surface area (Å²) >= 11 is 0. The highest BCUT2D eigenvalue weighted by Crippen LogP contribution is 2.34. The van der Waals surface area contributed by atoms with Gasteiger partial charge in [-0.25, -0.2) is 0 Å². The van der Waals surface area contributed by atoms with Gasteiger partial charge in [-0.1, -0.05) is 34.6 Å². The fraction of sp³-hybridized carbons (Fsp3) is 0.929. The standard InChI is InChI=1S/C14H29N3/c1-13(2,3)11-6-8-17(10-11)9-7-14(4,5)12(15)16/h11H,6-10H2,1-5H3,(H3,15,16). The van der Waals surface area contributed by atoms with Crippen molar-refractivity contribution in [2.24, 2.45) is 22.5 Å². The molecule has 0 bridgehead atoms. The molecule has 1 aliphatic rings. The van der Waals surface area contributed by atoms with Crippen LogP contribution in [0.5, 0.6) is 0 Å². The Morgan fingerprint density at radius 3 is 2.29 bits per heavy atom. The first-order valence-electron chi connectivity index (χ1n) is 6.70. The Morgan fingerprint density at radius 2 is 1.88 bits per heavy atom. The Balaban J connectivity index is 2.39. The zero-order chi connectivity index (χ0) is 13.3. The van der Waals surface area contributed by atoms with Crippen LogP contribution in [0.3, 0.4) is 0 Å². The van der Waals surface area contributed by atoms with Crippen LogP contribution in [0.4, 0.5) is 0 Å². The molecule has 1 saturated heterocycles. The van der Waals surface area contributed by atoms with Gasteiger partial charge in [0.2, 0.25) is 0 Å². The van der Waals surface area contributed by atoms with E-state index in [4.69, 9.17) is 11.1 Å². The second-order valence-electron chi connectivity index (χ2n) is 7.20. The summed E-state index contributed by atoms with van der Waals surface area (Å²) in [5.41, 5.74) is 5.88. The number of nitrogens with zero attached hydrogens (tertiary/aromatic N) is 1. The molecule has 1 unspecified atom stereocenters. The monoisotopic (exact) mass is 239 g/mol. The van der Waals surface area contributed by atoms with Crippen LogP contribution in [-0.2, 0) is 0 Å². The fourth-order valence-electron chi connectivity index (χ4n) is 2.31. The molecule has 1 aliphatic heterocycles. The van der Waals surface area contributed by atoms with Crippen LogP contribution >= 0.6 is 0 Å². The van der Waals surface area contributed by atoms with Gasteiger partial charge in [-0.3, -0.25) is 5.41 Å². The third-order valence-electron chi connectivity index (χ3n) is 4.28. The highest BCUT2D eigenvalue weighted by Gasteiger charge is 2.32. The van der Waals surface area contributed by atoms with Gasteiger partial charge in [0.25, 0.3) is 0 Å². The van der Waals surface area contributed by atoms with Gasteiger partial charge in [-0.2, -0.15) is 0 Å². The van der Waals surface area contributed by atoms with Gasteiger partial charge in [-0.05, 0) is 37.3 Å². The molecule has 0 saturated carbocycles. The van der Waals surface area contributed by atoms with Crippen LogP contribution in [0.1, 0.15) is 47.5 Å². The number of hydrogen-bond acceptors (Lipinski definition) is 2. The van der Waals surface area contributed by atoms with Crippen LogP contribution < -0.4 is 5.73 Å². The van der Waals surface area contributed by atoms with Crippen molar-refractivity contribution in [2.45, 2.75) is 47.5 Å². The molecule has 3 heteroatoms. The zero-order valence-electron chi connectivity index (χ0n) is 12.1. The second-order valence-corrected chi connectivity index (χ2v) is 7.20. The van der Waals surface area contributed by atoms with Gasteiger partial charge in [0.15, 0.2) is 0 Å². The molecular weight excluding hydrogens is 210 g/mol. The van der Waals surface area contributed by atoms with Crippen molar-refractivity contribution in [2.75, 3.05) is 19.6 Å². The van der Waals surface area contributed by atoms with Gasteiger partial charge in [-0.15, -0.1) is 0 Å². The molecule has 1 heterocycles. The van der Waals surface area contributed by atoms with Gasteiger partial charge >= 0.3 is 0 Å². The number of amidine groups is 1. The first-order chi connectivity index (χ1) is 7.63. The van der Waals surface area contributed by atoms with Crippen LogP contribution in [-0.4, -0.2) is 30.4 Å². The number of rotatable bonds is 4. The fourth-order valence-corrected chi connectivity index (χ4v) is 2.31. The summed E-state index contributed by atoms with van der Waals surface area (Å²) in [5, 5.41) is 7.57. The molecule has 1 rings (SSSR count). The molecule has 0 spiro atoms. The molecule has 1 fully saturated rings. The summed E-state index contributed by atoms with van der Waals surface area (Å²) in [7, 11) is 0. The molecule has 0 aromatic heterocycles. The Kier molecular flexibility index (Phi) is 4.23. The topological polar surface area (TPSA) is 53.1 Å². The Morgan fingerprint density at radius 1 is 1.29 bits per heavy atom. The van der Waals surface area contributed by atoms with Gasteiger partial charge < -0.3 is 10.6 Å². The van der Waals surface area contributed by atoms with E-state index in [9.17, 15) is 0 Å². The molecule has 3 nitrogen and oxygen atoms in total. The number of hydrogen-bond donors (Lipinski definition) is 2. The minimum Gasteiger partial charge on any atom is -0.387 e. The lowest BCUT2D eigenvalue weighted by Gasteiger charge is -2.29. The minimum atomic E-state index is -0.153. The van der Waals surface area contributed by atoms with Crippen LogP contribution in [0.2, 0.25) is 0 Å².